The normalized spacial score (nSPS) is 17.0. The molecule has 0 spiro atoms. The van der Waals surface area contributed by atoms with Gasteiger partial charge in [-0.25, -0.2) is 0 Å². The molecule has 152 valence electrons. The topological polar surface area (TPSA) is 77.7 Å². The van der Waals surface area contributed by atoms with E-state index >= 15 is 0 Å². The number of carbonyl (C=O) groups is 1. The van der Waals surface area contributed by atoms with Gasteiger partial charge in [0.1, 0.15) is 0 Å². The number of ether oxygens (including phenoxy) is 2. The maximum absolute atomic E-state index is 12.7. The molecule has 0 radical (unpaired) electrons. The first kappa shape index (κ1) is 20.2. The van der Waals surface area contributed by atoms with Gasteiger partial charge in [-0.2, -0.15) is 4.98 Å². The summed E-state index contributed by atoms with van der Waals surface area (Å²) < 4.78 is 16.2. The molecule has 0 unspecified atom stereocenters. The molecule has 1 aliphatic heterocycles. The zero-order valence-corrected chi connectivity index (χ0v) is 17.1. The van der Waals surface area contributed by atoms with Crippen LogP contribution in [0.5, 0.6) is 11.5 Å². The van der Waals surface area contributed by atoms with E-state index in [1.165, 1.54) is 0 Å². The lowest BCUT2D eigenvalue weighted by Gasteiger charge is -2.33. The van der Waals surface area contributed by atoms with E-state index in [9.17, 15) is 4.79 Å². The minimum atomic E-state index is 0.0773. The highest BCUT2D eigenvalue weighted by Crippen LogP contribution is 2.33. The largest absolute Gasteiger partial charge is 0.493 e. The number of likely N-dealkylation sites (tertiary alicyclic amines) is 1. The Labute approximate surface area is 166 Å². The SMILES string of the molecule is CCC(CC)C(=O)N1CCC[C@@H](c2nc(-c3ccc(OC)c(OC)c3)no2)C1. The van der Waals surface area contributed by atoms with Gasteiger partial charge in [-0.15, -0.1) is 0 Å². The molecule has 1 amide bonds. The molecule has 0 N–H and O–H groups in total. The number of piperidine rings is 1. The fourth-order valence-electron chi connectivity index (χ4n) is 3.77. The molecule has 0 saturated carbocycles. The van der Waals surface area contributed by atoms with Crippen LogP contribution >= 0.6 is 0 Å². The van der Waals surface area contributed by atoms with Crippen molar-refractivity contribution < 1.29 is 18.8 Å². The van der Waals surface area contributed by atoms with E-state index in [0.29, 0.717) is 29.8 Å². The minimum absolute atomic E-state index is 0.0773. The number of aromatic nitrogens is 2. The van der Waals surface area contributed by atoms with Crippen molar-refractivity contribution in [3.05, 3.63) is 24.1 Å². The second-order valence-electron chi connectivity index (χ2n) is 7.16. The van der Waals surface area contributed by atoms with Gasteiger partial charge < -0.3 is 18.9 Å². The van der Waals surface area contributed by atoms with Crippen LogP contribution in [0.25, 0.3) is 11.4 Å². The molecule has 3 rings (SSSR count). The maximum Gasteiger partial charge on any atom is 0.231 e. The highest BCUT2D eigenvalue weighted by atomic mass is 16.5. The molecule has 1 aromatic heterocycles. The van der Waals surface area contributed by atoms with E-state index in [4.69, 9.17) is 14.0 Å². The molecule has 1 atom stereocenters. The highest BCUT2D eigenvalue weighted by molar-refractivity contribution is 5.79. The monoisotopic (exact) mass is 387 g/mol. The van der Waals surface area contributed by atoms with Crippen LogP contribution < -0.4 is 9.47 Å². The number of amides is 1. The second kappa shape index (κ2) is 9.08. The van der Waals surface area contributed by atoms with Crippen molar-refractivity contribution in [2.45, 2.75) is 45.4 Å². The third-order valence-electron chi connectivity index (χ3n) is 5.50. The second-order valence-corrected chi connectivity index (χ2v) is 7.16. The van der Waals surface area contributed by atoms with Crippen molar-refractivity contribution in [2.24, 2.45) is 5.92 Å². The fourth-order valence-corrected chi connectivity index (χ4v) is 3.77. The molecule has 1 fully saturated rings. The standard InChI is InChI=1S/C21H29N3O4/c1-5-14(6-2)21(25)24-11-7-8-16(13-24)20-22-19(23-28-20)15-9-10-17(26-3)18(12-15)27-4/h9-10,12,14,16H,5-8,11,13H2,1-4H3/t16-/m1/s1. The van der Waals surface area contributed by atoms with Crippen LogP contribution in [0, 0.1) is 5.92 Å². The van der Waals surface area contributed by atoms with Crippen molar-refractivity contribution in [1.29, 1.82) is 0 Å². The summed E-state index contributed by atoms with van der Waals surface area (Å²) in [6, 6.07) is 5.53. The van der Waals surface area contributed by atoms with Gasteiger partial charge in [-0.1, -0.05) is 19.0 Å². The molecule has 0 aliphatic carbocycles. The smallest absolute Gasteiger partial charge is 0.231 e. The molecule has 28 heavy (non-hydrogen) atoms. The molecule has 2 aromatic rings. The molecule has 1 saturated heterocycles. The summed E-state index contributed by atoms with van der Waals surface area (Å²) in [5.74, 6) is 2.79. The number of hydrogen-bond acceptors (Lipinski definition) is 6. The van der Waals surface area contributed by atoms with E-state index in [1.807, 2.05) is 23.1 Å². The van der Waals surface area contributed by atoms with Crippen molar-refractivity contribution in [3.8, 4) is 22.9 Å². The average Bonchev–Trinajstić information content (AvgIpc) is 3.24. The number of hydrogen-bond donors (Lipinski definition) is 0. The van der Waals surface area contributed by atoms with Gasteiger partial charge in [0.2, 0.25) is 17.6 Å². The predicted octanol–water partition coefficient (Wildman–Crippen LogP) is 3.90. The minimum Gasteiger partial charge on any atom is -0.493 e. The fraction of sp³-hybridized carbons (Fsp3) is 0.571. The summed E-state index contributed by atoms with van der Waals surface area (Å²) in [6.45, 7) is 5.59. The van der Waals surface area contributed by atoms with Crippen molar-refractivity contribution in [2.75, 3.05) is 27.3 Å². The van der Waals surface area contributed by atoms with Gasteiger partial charge in [0.15, 0.2) is 11.5 Å². The average molecular weight is 387 g/mol. The Hall–Kier alpha value is -2.57. The van der Waals surface area contributed by atoms with E-state index in [0.717, 1.165) is 37.8 Å². The summed E-state index contributed by atoms with van der Waals surface area (Å²) in [5, 5.41) is 4.14. The number of nitrogens with zero attached hydrogens (tertiary/aromatic N) is 3. The van der Waals surface area contributed by atoms with Crippen LogP contribution in [0.4, 0.5) is 0 Å². The predicted molar refractivity (Wildman–Crippen MR) is 105 cm³/mol. The van der Waals surface area contributed by atoms with E-state index < -0.39 is 0 Å². The molecular weight excluding hydrogens is 358 g/mol. The Balaban J connectivity index is 1.75. The Kier molecular flexibility index (Phi) is 6.54. The third-order valence-corrected chi connectivity index (χ3v) is 5.50. The van der Waals surface area contributed by atoms with Gasteiger partial charge in [-0.3, -0.25) is 4.79 Å². The van der Waals surface area contributed by atoms with Gasteiger partial charge in [0, 0.05) is 24.6 Å². The molecule has 0 bridgehead atoms. The molecule has 1 aliphatic rings. The first-order valence-electron chi connectivity index (χ1n) is 9.96. The summed E-state index contributed by atoms with van der Waals surface area (Å²) in [4.78, 5) is 19.3. The van der Waals surface area contributed by atoms with Crippen LogP contribution in [0.3, 0.4) is 0 Å². The van der Waals surface area contributed by atoms with Crippen LogP contribution in [-0.2, 0) is 4.79 Å². The lowest BCUT2D eigenvalue weighted by Crippen LogP contribution is -2.42. The van der Waals surface area contributed by atoms with Gasteiger partial charge >= 0.3 is 0 Å². The summed E-state index contributed by atoms with van der Waals surface area (Å²) in [7, 11) is 3.19. The zero-order chi connectivity index (χ0) is 20.1. The van der Waals surface area contributed by atoms with Crippen molar-refractivity contribution >= 4 is 5.91 Å². The van der Waals surface area contributed by atoms with E-state index in [2.05, 4.69) is 24.0 Å². The maximum atomic E-state index is 12.7. The van der Waals surface area contributed by atoms with Crippen LogP contribution in [0.2, 0.25) is 0 Å². The quantitative estimate of drug-likeness (QED) is 0.717. The van der Waals surface area contributed by atoms with Gasteiger partial charge in [0.05, 0.1) is 20.1 Å². The summed E-state index contributed by atoms with van der Waals surface area (Å²) in [5.41, 5.74) is 0.799. The number of methoxy groups -OCH3 is 2. The van der Waals surface area contributed by atoms with Gasteiger partial charge in [0.25, 0.3) is 0 Å². The Morgan fingerprint density at radius 2 is 2.00 bits per heavy atom. The Bertz CT molecular complexity index is 801. The molecular formula is C21H29N3O4. The third kappa shape index (κ3) is 4.13. The van der Waals surface area contributed by atoms with Crippen molar-refractivity contribution in [1.82, 2.24) is 15.0 Å². The van der Waals surface area contributed by atoms with Crippen molar-refractivity contribution in [3.63, 3.8) is 0 Å². The van der Waals surface area contributed by atoms with Crippen LogP contribution in [-0.4, -0.2) is 48.3 Å². The Morgan fingerprint density at radius 3 is 2.68 bits per heavy atom. The summed E-state index contributed by atoms with van der Waals surface area (Å²) >= 11 is 0. The molecule has 1 aromatic carbocycles. The molecule has 7 heteroatoms. The highest BCUT2D eigenvalue weighted by Gasteiger charge is 2.31. The number of carbonyl (C=O) groups excluding carboxylic acids is 1. The Morgan fingerprint density at radius 1 is 1.25 bits per heavy atom. The van der Waals surface area contributed by atoms with Crippen LogP contribution in [0.15, 0.2) is 22.7 Å². The lowest BCUT2D eigenvalue weighted by molar-refractivity contribution is -0.137. The zero-order valence-electron chi connectivity index (χ0n) is 17.1. The van der Waals surface area contributed by atoms with Crippen LogP contribution in [0.1, 0.15) is 51.3 Å². The molecule has 7 nitrogen and oxygen atoms in total. The first-order chi connectivity index (χ1) is 13.6. The van der Waals surface area contributed by atoms with E-state index in [-0.39, 0.29) is 17.7 Å². The number of rotatable bonds is 7. The van der Waals surface area contributed by atoms with E-state index in [1.54, 1.807) is 14.2 Å². The first-order valence-corrected chi connectivity index (χ1v) is 9.96. The molecule has 2 heterocycles. The lowest BCUT2D eigenvalue weighted by atomic mass is 9.95. The summed E-state index contributed by atoms with van der Waals surface area (Å²) in [6.07, 6.45) is 3.64. The number of benzene rings is 1. The van der Waals surface area contributed by atoms with Gasteiger partial charge in [-0.05, 0) is 43.9 Å².